The van der Waals surface area contributed by atoms with Crippen molar-refractivity contribution in [2.24, 2.45) is 0 Å². The number of ether oxygens (including phenoxy) is 2. The van der Waals surface area contributed by atoms with E-state index in [-0.39, 0.29) is 0 Å². The lowest BCUT2D eigenvalue weighted by Gasteiger charge is -2.33. The third kappa shape index (κ3) is 5.15. The van der Waals surface area contributed by atoms with Crippen LogP contribution in [0.5, 0.6) is 11.5 Å². The Morgan fingerprint density at radius 2 is 1.81 bits per heavy atom. The van der Waals surface area contributed by atoms with Crippen molar-refractivity contribution >= 4 is 32.7 Å². The molecule has 6 nitrogen and oxygen atoms in total. The third-order valence-corrected chi connectivity index (χ3v) is 6.69. The van der Waals surface area contributed by atoms with Gasteiger partial charge in [-0.2, -0.15) is 0 Å². The Morgan fingerprint density at radius 3 is 2.53 bits per heavy atom. The summed E-state index contributed by atoms with van der Waals surface area (Å²) in [6, 6.07) is 12.6. The van der Waals surface area contributed by atoms with Crippen LogP contribution < -0.4 is 14.8 Å². The summed E-state index contributed by atoms with van der Waals surface area (Å²) in [6.07, 6.45) is 5.04. The summed E-state index contributed by atoms with van der Waals surface area (Å²) in [5.41, 5.74) is 1.79. The zero-order chi connectivity index (χ0) is 22.5. The molecule has 0 amide bonds. The van der Waals surface area contributed by atoms with Crippen molar-refractivity contribution in [1.82, 2.24) is 14.9 Å². The van der Waals surface area contributed by atoms with Crippen molar-refractivity contribution in [3.05, 3.63) is 40.9 Å². The summed E-state index contributed by atoms with van der Waals surface area (Å²) >= 11 is 3.50. The largest absolute Gasteiger partial charge is 0.493 e. The Balaban J connectivity index is 1.61. The fourth-order valence-electron chi connectivity index (χ4n) is 4.30. The predicted molar refractivity (Wildman–Crippen MR) is 134 cm³/mol. The van der Waals surface area contributed by atoms with Crippen LogP contribution in [0.4, 0.5) is 5.82 Å². The summed E-state index contributed by atoms with van der Waals surface area (Å²) in [5.74, 6) is 2.83. The Bertz CT molecular complexity index is 1060. The van der Waals surface area contributed by atoms with E-state index in [4.69, 9.17) is 19.4 Å². The molecule has 170 valence electrons. The van der Waals surface area contributed by atoms with E-state index in [9.17, 15) is 0 Å². The second-order valence-electron chi connectivity index (χ2n) is 8.29. The van der Waals surface area contributed by atoms with Gasteiger partial charge in [-0.05, 0) is 50.9 Å². The van der Waals surface area contributed by atoms with Gasteiger partial charge in [-0.3, -0.25) is 0 Å². The quantitative estimate of drug-likeness (QED) is 0.398. The van der Waals surface area contributed by atoms with Gasteiger partial charge in [-0.25, -0.2) is 9.97 Å². The van der Waals surface area contributed by atoms with Crippen LogP contribution in [-0.2, 0) is 0 Å². The lowest BCUT2D eigenvalue weighted by atomic mass is 10.0. The molecule has 1 atom stereocenters. The molecular weight excluding hydrogens is 468 g/mol. The number of piperidine rings is 1. The van der Waals surface area contributed by atoms with Crippen LogP contribution in [0.3, 0.4) is 0 Å². The molecule has 32 heavy (non-hydrogen) atoms. The number of halogens is 1. The van der Waals surface area contributed by atoms with E-state index in [1.54, 1.807) is 14.2 Å². The summed E-state index contributed by atoms with van der Waals surface area (Å²) in [5, 5.41) is 4.49. The molecule has 3 aromatic rings. The number of likely N-dealkylation sites (tertiary alicyclic amines) is 1. The normalized spacial score (nSPS) is 16.8. The standard InChI is InChI=1S/C25H31BrN4O2/c1-17-7-4-5-13-30(17)14-6-12-27-25-20-15-22(31-2)23(32-3)16-21(20)28-24(29-25)18-8-10-19(26)11-9-18/h8-11,15-17H,4-7,12-14H2,1-3H3,(H,27,28,29). The van der Waals surface area contributed by atoms with E-state index in [1.165, 1.54) is 25.8 Å². The van der Waals surface area contributed by atoms with Crippen LogP contribution in [0, 0.1) is 0 Å². The minimum absolute atomic E-state index is 0.658. The minimum Gasteiger partial charge on any atom is -0.493 e. The SMILES string of the molecule is COc1cc2nc(-c3ccc(Br)cc3)nc(NCCCN3CCCCC3C)c2cc1OC. The van der Waals surface area contributed by atoms with E-state index in [0.29, 0.717) is 23.4 Å². The van der Waals surface area contributed by atoms with Gasteiger partial charge in [0.15, 0.2) is 17.3 Å². The van der Waals surface area contributed by atoms with E-state index < -0.39 is 0 Å². The molecule has 4 rings (SSSR count). The van der Waals surface area contributed by atoms with Crippen molar-refractivity contribution in [3.8, 4) is 22.9 Å². The van der Waals surface area contributed by atoms with Gasteiger partial charge in [-0.1, -0.05) is 34.5 Å². The van der Waals surface area contributed by atoms with Crippen LogP contribution in [0.1, 0.15) is 32.6 Å². The number of aromatic nitrogens is 2. The number of nitrogens with one attached hydrogen (secondary N) is 1. The number of methoxy groups -OCH3 is 2. The van der Waals surface area contributed by atoms with E-state index >= 15 is 0 Å². The Hall–Kier alpha value is -2.38. The lowest BCUT2D eigenvalue weighted by Crippen LogP contribution is -2.38. The number of anilines is 1. The Kier molecular flexibility index (Phi) is 7.48. The van der Waals surface area contributed by atoms with Crippen LogP contribution >= 0.6 is 15.9 Å². The summed E-state index contributed by atoms with van der Waals surface area (Å²) in [6.45, 7) is 5.51. The first-order valence-corrected chi connectivity index (χ1v) is 12.1. The zero-order valence-electron chi connectivity index (χ0n) is 19.0. The third-order valence-electron chi connectivity index (χ3n) is 6.16. The van der Waals surface area contributed by atoms with Crippen molar-refractivity contribution < 1.29 is 9.47 Å². The number of hydrogen-bond donors (Lipinski definition) is 1. The monoisotopic (exact) mass is 498 g/mol. The van der Waals surface area contributed by atoms with Gasteiger partial charge in [0.25, 0.3) is 0 Å². The number of benzene rings is 2. The van der Waals surface area contributed by atoms with E-state index in [1.807, 2.05) is 36.4 Å². The molecule has 1 aliphatic rings. The van der Waals surface area contributed by atoms with Gasteiger partial charge < -0.3 is 19.7 Å². The summed E-state index contributed by atoms with van der Waals surface area (Å²) in [7, 11) is 3.29. The highest BCUT2D eigenvalue weighted by Gasteiger charge is 2.18. The highest BCUT2D eigenvalue weighted by atomic mass is 79.9. The molecule has 1 saturated heterocycles. The second kappa shape index (κ2) is 10.5. The number of rotatable bonds is 8. The molecule has 1 aromatic heterocycles. The average Bonchev–Trinajstić information content (AvgIpc) is 2.82. The highest BCUT2D eigenvalue weighted by Crippen LogP contribution is 2.35. The maximum atomic E-state index is 5.52. The molecule has 7 heteroatoms. The fourth-order valence-corrected chi connectivity index (χ4v) is 4.56. The summed E-state index contributed by atoms with van der Waals surface area (Å²) < 4.78 is 12.1. The Labute approximate surface area is 198 Å². The minimum atomic E-state index is 0.658. The van der Waals surface area contributed by atoms with Gasteiger partial charge >= 0.3 is 0 Å². The molecule has 1 fully saturated rings. The van der Waals surface area contributed by atoms with Crippen molar-refractivity contribution in [3.63, 3.8) is 0 Å². The van der Waals surface area contributed by atoms with Crippen LogP contribution in [-0.4, -0.2) is 54.8 Å². The number of fused-ring (bicyclic) bond motifs is 1. The molecule has 0 saturated carbocycles. The molecule has 1 N–H and O–H groups in total. The molecule has 0 aliphatic carbocycles. The van der Waals surface area contributed by atoms with Crippen molar-refractivity contribution in [2.45, 2.75) is 38.6 Å². The highest BCUT2D eigenvalue weighted by molar-refractivity contribution is 9.10. The zero-order valence-corrected chi connectivity index (χ0v) is 20.6. The lowest BCUT2D eigenvalue weighted by molar-refractivity contribution is 0.160. The second-order valence-corrected chi connectivity index (χ2v) is 9.20. The average molecular weight is 499 g/mol. The molecule has 2 aromatic carbocycles. The van der Waals surface area contributed by atoms with Crippen LogP contribution in [0.15, 0.2) is 40.9 Å². The topological polar surface area (TPSA) is 59.5 Å². The van der Waals surface area contributed by atoms with Gasteiger partial charge in [0.2, 0.25) is 0 Å². The molecular formula is C25H31BrN4O2. The van der Waals surface area contributed by atoms with Crippen molar-refractivity contribution in [1.29, 1.82) is 0 Å². The Morgan fingerprint density at radius 1 is 1.06 bits per heavy atom. The molecule has 2 heterocycles. The van der Waals surface area contributed by atoms with Gasteiger partial charge in [0.05, 0.1) is 19.7 Å². The molecule has 0 radical (unpaired) electrons. The fraction of sp³-hybridized carbons (Fsp3) is 0.440. The van der Waals surface area contributed by atoms with Gasteiger partial charge in [0.1, 0.15) is 5.82 Å². The van der Waals surface area contributed by atoms with Crippen molar-refractivity contribution in [2.75, 3.05) is 39.2 Å². The first kappa shape index (κ1) is 22.8. The predicted octanol–water partition coefficient (Wildman–Crippen LogP) is 5.75. The summed E-state index contributed by atoms with van der Waals surface area (Å²) in [4.78, 5) is 12.3. The van der Waals surface area contributed by atoms with Gasteiger partial charge in [0, 0.05) is 40.6 Å². The van der Waals surface area contributed by atoms with Crippen LogP contribution in [0.2, 0.25) is 0 Å². The van der Waals surface area contributed by atoms with Gasteiger partial charge in [-0.15, -0.1) is 0 Å². The molecule has 0 bridgehead atoms. The first-order chi connectivity index (χ1) is 15.6. The molecule has 1 unspecified atom stereocenters. The number of hydrogen-bond acceptors (Lipinski definition) is 6. The van der Waals surface area contributed by atoms with E-state index in [0.717, 1.165) is 46.3 Å². The van der Waals surface area contributed by atoms with E-state index in [2.05, 4.69) is 33.1 Å². The molecule has 1 aliphatic heterocycles. The first-order valence-electron chi connectivity index (χ1n) is 11.3. The smallest absolute Gasteiger partial charge is 0.162 e. The van der Waals surface area contributed by atoms with Crippen LogP contribution in [0.25, 0.3) is 22.3 Å². The maximum absolute atomic E-state index is 5.52. The number of nitrogens with zero attached hydrogens (tertiary/aromatic N) is 3. The molecule has 0 spiro atoms. The maximum Gasteiger partial charge on any atom is 0.162 e.